The van der Waals surface area contributed by atoms with Gasteiger partial charge in [0.15, 0.2) is 9.50 Å². The number of rotatable bonds is 5. The zero-order valence-corrected chi connectivity index (χ0v) is 13.8. The van der Waals surface area contributed by atoms with Gasteiger partial charge in [-0.1, -0.05) is 24.3 Å². The summed E-state index contributed by atoms with van der Waals surface area (Å²) in [5.41, 5.74) is 0. The quantitative estimate of drug-likeness (QED) is 0.245. The summed E-state index contributed by atoms with van der Waals surface area (Å²) >= 11 is 6.96. The third-order valence-electron chi connectivity index (χ3n) is 2.91. The van der Waals surface area contributed by atoms with Gasteiger partial charge in [0, 0.05) is 24.2 Å². The van der Waals surface area contributed by atoms with E-state index in [4.69, 9.17) is 11.6 Å². The molecule has 1 fully saturated rings. The number of hydrazone groups is 1. The summed E-state index contributed by atoms with van der Waals surface area (Å²) in [7, 11) is 0. The fraction of sp³-hybridized carbons (Fsp3) is 0.333. The molecule has 2 heterocycles. The second-order valence-electron chi connectivity index (χ2n) is 4.48. The Morgan fingerprint density at radius 1 is 1.58 bits per heavy atom. The van der Waals surface area contributed by atoms with Gasteiger partial charge in [-0.15, -0.1) is 11.3 Å². The number of hydrogen-bond acceptors (Lipinski definition) is 7. The first-order chi connectivity index (χ1) is 11.4. The fourth-order valence-corrected chi connectivity index (χ4v) is 2.97. The van der Waals surface area contributed by atoms with Crippen molar-refractivity contribution in [2.24, 2.45) is 5.10 Å². The summed E-state index contributed by atoms with van der Waals surface area (Å²) in [5.74, 6) is -2.39. The summed E-state index contributed by atoms with van der Waals surface area (Å²) in [6, 6.07) is 0. The minimum atomic E-state index is -1.13. The molecule has 0 aromatic carbocycles. The monoisotopic (exact) mass is 373 g/mol. The summed E-state index contributed by atoms with van der Waals surface area (Å²) < 4.78 is 4.99. The van der Waals surface area contributed by atoms with Crippen molar-refractivity contribution in [2.45, 2.75) is 6.54 Å². The molecule has 2 rings (SSSR count). The van der Waals surface area contributed by atoms with Gasteiger partial charge >= 0.3 is 11.9 Å². The lowest BCUT2D eigenvalue weighted by Crippen LogP contribution is -2.42. The Hall–Kier alpha value is -2.53. The van der Waals surface area contributed by atoms with Crippen LogP contribution in [0.25, 0.3) is 0 Å². The van der Waals surface area contributed by atoms with Crippen LogP contribution < -0.4 is 0 Å². The van der Waals surface area contributed by atoms with E-state index in [-0.39, 0.29) is 32.2 Å². The van der Waals surface area contributed by atoms with E-state index in [0.717, 1.165) is 9.78 Å². The summed E-state index contributed by atoms with van der Waals surface area (Å²) in [5, 5.41) is 13.1. The van der Waals surface area contributed by atoms with Gasteiger partial charge in [-0.3, -0.25) is 9.69 Å². The number of hydrogen-bond donors (Lipinski definition) is 0. The van der Waals surface area contributed by atoms with Crippen LogP contribution in [-0.2, 0) is 20.9 Å². The molecule has 1 amide bonds. The van der Waals surface area contributed by atoms with Crippen LogP contribution in [0.2, 0.25) is 4.47 Å². The topological polar surface area (TPSA) is 118 Å². The van der Waals surface area contributed by atoms with Crippen molar-refractivity contribution in [1.29, 1.82) is 0 Å². The van der Waals surface area contributed by atoms with Crippen LogP contribution in [0, 0.1) is 10.1 Å². The highest BCUT2D eigenvalue weighted by molar-refractivity contribution is 7.15. The van der Waals surface area contributed by atoms with Crippen LogP contribution in [-0.4, -0.2) is 57.3 Å². The van der Waals surface area contributed by atoms with Crippen molar-refractivity contribution in [1.82, 2.24) is 14.8 Å². The van der Waals surface area contributed by atoms with E-state index >= 15 is 0 Å². The van der Waals surface area contributed by atoms with Crippen LogP contribution in [0.1, 0.15) is 4.88 Å². The molecule has 0 bridgehead atoms. The predicted molar refractivity (Wildman–Crippen MR) is 84.8 cm³/mol. The van der Waals surface area contributed by atoms with Gasteiger partial charge in [0.25, 0.3) is 5.96 Å². The Labute approximate surface area is 145 Å². The van der Waals surface area contributed by atoms with Gasteiger partial charge in [-0.2, -0.15) is 0 Å². The SMILES string of the molecule is C=CCOC(=O)C(=O)N1CCN(Cc2cnc(Cl)s2)/C1=N/[N+](=O)[O-]. The van der Waals surface area contributed by atoms with Crippen molar-refractivity contribution in [3.63, 3.8) is 0 Å². The number of thiazole rings is 1. The number of esters is 1. The molecule has 1 saturated heterocycles. The third kappa shape index (κ3) is 4.26. The maximum atomic E-state index is 12.1. The number of nitro groups is 1. The van der Waals surface area contributed by atoms with Crippen molar-refractivity contribution < 1.29 is 19.4 Å². The normalized spacial score (nSPS) is 15.6. The molecule has 0 unspecified atom stereocenters. The lowest BCUT2D eigenvalue weighted by atomic mass is 10.5. The van der Waals surface area contributed by atoms with E-state index in [0.29, 0.717) is 4.47 Å². The van der Waals surface area contributed by atoms with Gasteiger partial charge < -0.3 is 9.64 Å². The average Bonchev–Trinajstić information content (AvgIpc) is 3.11. The zero-order chi connectivity index (χ0) is 17.7. The Bertz CT molecular complexity index is 706. The minimum absolute atomic E-state index is 0.0707. The molecular weight excluding hydrogens is 362 g/mol. The molecule has 12 heteroatoms. The zero-order valence-electron chi connectivity index (χ0n) is 12.3. The van der Waals surface area contributed by atoms with Gasteiger partial charge in [0.2, 0.25) is 0 Å². The van der Waals surface area contributed by atoms with E-state index < -0.39 is 16.9 Å². The largest absolute Gasteiger partial charge is 0.454 e. The molecule has 0 saturated carbocycles. The number of ether oxygens (including phenoxy) is 1. The van der Waals surface area contributed by atoms with E-state index in [1.807, 2.05) is 0 Å². The third-order valence-corrected chi connectivity index (χ3v) is 4.01. The van der Waals surface area contributed by atoms with Gasteiger partial charge in [-0.25, -0.2) is 19.9 Å². The predicted octanol–water partition coefficient (Wildman–Crippen LogP) is 0.718. The highest BCUT2D eigenvalue weighted by atomic mass is 35.5. The number of aromatic nitrogens is 1. The highest BCUT2D eigenvalue weighted by Crippen LogP contribution is 2.21. The Balaban J connectivity index is 2.17. The molecule has 1 aromatic rings. The van der Waals surface area contributed by atoms with E-state index in [9.17, 15) is 19.7 Å². The summed E-state index contributed by atoms with van der Waals surface area (Å²) in [6.07, 6.45) is 2.83. The van der Waals surface area contributed by atoms with E-state index in [1.165, 1.54) is 28.5 Å². The second-order valence-corrected chi connectivity index (χ2v) is 6.18. The van der Waals surface area contributed by atoms with Gasteiger partial charge in [-0.05, 0) is 0 Å². The Kier molecular flexibility index (Phi) is 5.82. The lowest BCUT2D eigenvalue weighted by molar-refractivity contribution is -0.486. The first-order valence-electron chi connectivity index (χ1n) is 6.60. The lowest BCUT2D eigenvalue weighted by Gasteiger charge is -2.18. The minimum Gasteiger partial charge on any atom is -0.454 e. The molecular formula is C12H12ClN5O5S. The Morgan fingerprint density at radius 3 is 2.92 bits per heavy atom. The van der Waals surface area contributed by atoms with Crippen LogP contribution in [0.3, 0.4) is 0 Å². The van der Waals surface area contributed by atoms with Crippen LogP contribution in [0.5, 0.6) is 0 Å². The summed E-state index contributed by atoms with van der Waals surface area (Å²) in [6.45, 7) is 3.79. The molecule has 0 radical (unpaired) electrons. The molecule has 1 aliphatic heterocycles. The maximum Gasteiger partial charge on any atom is 0.397 e. The van der Waals surface area contributed by atoms with Crippen molar-refractivity contribution in [3.05, 3.63) is 38.3 Å². The fourth-order valence-electron chi connectivity index (χ4n) is 1.98. The molecule has 1 aromatic heterocycles. The standard InChI is InChI=1S/C12H12ClN5O5S/c1-2-5-23-10(20)9(19)17-4-3-16(12(17)15-18(21)22)7-8-6-14-11(13)24-8/h2,6H,1,3-5,7H2/b15-12-. The average molecular weight is 374 g/mol. The molecule has 0 aliphatic carbocycles. The maximum absolute atomic E-state index is 12.1. The van der Waals surface area contributed by atoms with Crippen LogP contribution in [0.4, 0.5) is 0 Å². The van der Waals surface area contributed by atoms with E-state index in [2.05, 4.69) is 21.4 Å². The smallest absolute Gasteiger partial charge is 0.397 e. The Morgan fingerprint density at radius 2 is 2.33 bits per heavy atom. The van der Waals surface area contributed by atoms with Crippen LogP contribution in [0.15, 0.2) is 24.0 Å². The molecule has 128 valence electrons. The highest BCUT2D eigenvalue weighted by Gasteiger charge is 2.38. The van der Waals surface area contributed by atoms with Crippen LogP contribution >= 0.6 is 22.9 Å². The second kappa shape index (κ2) is 7.84. The number of halogens is 1. The molecule has 24 heavy (non-hydrogen) atoms. The van der Waals surface area contributed by atoms with E-state index in [1.54, 1.807) is 0 Å². The molecule has 0 spiro atoms. The van der Waals surface area contributed by atoms with Gasteiger partial charge in [0.1, 0.15) is 11.7 Å². The first-order valence-corrected chi connectivity index (χ1v) is 7.79. The number of carbonyl (C=O) groups excluding carboxylic acids is 2. The molecule has 10 nitrogen and oxygen atoms in total. The number of guanidine groups is 1. The molecule has 1 aliphatic rings. The van der Waals surface area contributed by atoms with Crippen molar-refractivity contribution >= 4 is 40.8 Å². The number of nitrogens with zero attached hydrogens (tertiary/aromatic N) is 5. The van der Waals surface area contributed by atoms with Crippen molar-refractivity contribution in [3.8, 4) is 0 Å². The number of amides is 1. The summed E-state index contributed by atoms with van der Waals surface area (Å²) in [4.78, 5) is 41.5. The molecule has 0 atom stereocenters. The van der Waals surface area contributed by atoms with Crippen molar-refractivity contribution in [2.75, 3.05) is 19.7 Å². The first kappa shape index (κ1) is 17.8. The number of carbonyl (C=O) groups is 2. The van der Waals surface area contributed by atoms with Gasteiger partial charge in [0.05, 0.1) is 6.54 Å². The molecule has 0 N–H and O–H groups in total.